The monoisotopic (exact) mass is 514 g/mol. The van der Waals surface area contributed by atoms with Crippen LogP contribution in [0.25, 0.3) is 0 Å². The number of aromatic nitrogens is 2. The molecule has 194 valence electrons. The fourth-order valence-electron chi connectivity index (χ4n) is 5.68. The lowest BCUT2D eigenvalue weighted by Gasteiger charge is -2.61. The van der Waals surface area contributed by atoms with E-state index in [-0.39, 0.29) is 17.2 Å². The van der Waals surface area contributed by atoms with E-state index in [1.54, 1.807) is 25.5 Å². The van der Waals surface area contributed by atoms with Crippen molar-refractivity contribution in [1.82, 2.24) is 20.2 Å². The summed E-state index contributed by atoms with van der Waals surface area (Å²) in [6.07, 6.45) is 6.85. The molecule has 3 fully saturated rings. The molecule has 6 rings (SSSR count). The summed E-state index contributed by atoms with van der Waals surface area (Å²) in [6, 6.07) is 11.6. The van der Waals surface area contributed by atoms with E-state index in [1.165, 1.54) is 6.07 Å². The number of nitriles is 1. The van der Waals surface area contributed by atoms with Crippen molar-refractivity contribution in [3.8, 4) is 6.07 Å². The Morgan fingerprint density at radius 1 is 1.11 bits per heavy atom. The number of hydrogen-bond acceptors (Lipinski definition) is 6. The number of likely N-dealkylation sites (tertiary alicyclic amines) is 1. The molecular formula is C29H28F2N6O. The number of rotatable bonds is 7. The smallest absolute Gasteiger partial charge is 0.224 e. The molecule has 0 unspecified atom stereocenters. The van der Waals surface area contributed by atoms with E-state index in [2.05, 4.69) is 31.2 Å². The number of halogens is 2. The third-order valence-corrected chi connectivity index (χ3v) is 7.95. The van der Waals surface area contributed by atoms with Crippen LogP contribution >= 0.6 is 0 Å². The van der Waals surface area contributed by atoms with Gasteiger partial charge in [0.1, 0.15) is 11.6 Å². The van der Waals surface area contributed by atoms with E-state index < -0.39 is 17.2 Å². The Morgan fingerprint density at radius 3 is 2.55 bits per heavy atom. The average molecular weight is 515 g/mol. The standard InChI is InChI=1S/C29H28F2N6O/c1-28(35-27(38)21-3-4-21,22-5-6-24(30)25(31)9-22)26-7-2-19(12-34-26)14-36-15-29(16-36)17-37(18-29)23-8-20(10-32)11-33-13-23/h2,5-9,11-13,21H,3-4,14-18H2,1H3,(H,35,38)/t28-/m1/s1. The van der Waals surface area contributed by atoms with Gasteiger partial charge in [-0.1, -0.05) is 12.1 Å². The molecule has 0 radical (unpaired) electrons. The minimum absolute atomic E-state index is 0.0355. The van der Waals surface area contributed by atoms with Crippen LogP contribution in [0.2, 0.25) is 0 Å². The van der Waals surface area contributed by atoms with Crippen molar-refractivity contribution in [2.45, 2.75) is 31.8 Å². The van der Waals surface area contributed by atoms with Gasteiger partial charge in [0.05, 0.1) is 23.1 Å². The Balaban J connectivity index is 1.11. The summed E-state index contributed by atoms with van der Waals surface area (Å²) in [4.78, 5) is 26.1. The largest absolute Gasteiger partial charge is 0.369 e. The van der Waals surface area contributed by atoms with Crippen molar-refractivity contribution in [3.63, 3.8) is 0 Å². The second-order valence-electron chi connectivity index (χ2n) is 11.1. The van der Waals surface area contributed by atoms with Crippen LogP contribution in [-0.4, -0.2) is 47.0 Å². The van der Waals surface area contributed by atoms with Crippen LogP contribution in [0.1, 0.15) is 42.1 Å². The first kappa shape index (κ1) is 24.4. The van der Waals surface area contributed by atoms with Crippen LogP contribution < -0.4 is 10.2 Å². The summed E-state index contributed by atoms with van der Waals surface area (Å²) in [6.45, 7) is 6.42. The molecule has 9 heteroatoms. The fraction of sp³-hybridized carbons (Fsp3) is 0.379. The van der Waals surface area contributed by atoms with Crippen LogP contribution in [0.15, 0.2) is 55.0 Å². The van der Waals surface area contributed by atoms with E-state index in [9.17, 15) is 13.6 Å². The summed E-state index contributed by atoms with van der Waals surface area (Å²) in [7, 11) is 0. The number of benzene rings is 1. The van der Waals surface area contributed by atoms with Gasteiger partial charge in [0.15, 0.2) is 11.6 Å². The molecule has 7 nitrogen and oxygen atoms in total. The van der Waals surface area contributed by atoms with E-state index in [1.807, 2.05) is 18.2 Å². The summed E-state index contributed by atoms with van der Waals surface area (Å²) in [5, 5.41) is 12.1. The van der Waals surface area contributed by atoms with Crippen molar-refractivity contribution in [2.75, 3.05) is 31.1 Å². The molecule has 1 amide bonds. The van der Waals surface area contributed by atoms with Gasteiger partial charge in [-0.05, 0) is 55.2 Å². The molecule has 1 aliphatic carbocycles. The highest BCUT2D eigenvalue weighted by Gasteiger charge is 2.51. The van der Waals surface area contributed by atoms with Crippen LogP contribution in [0, 0.1) is 34.3 Å². The molecule has 38 heavy (non-hydrogen) atoms. The minimum Gasteiger partial charge on any atom is -0.369 e. The van der Waals surface area contributed by atoms with E-state index in [4.69, 9.17) is 5.26 Å². The minimum atomic E-state index is -1.08. The molecule has 0 bridgehead atoms. The van der Waals surface area contributed by atoms with Gasteiger partial charge in [-0.15, -0.1) is 0 Å². The Kier molecular flexibility index (Phi) is 5.88. The normalized spacial score (nSPS) is 19.7. The number of carbonyl (C=O) groups excluding carboxylic acids is 1. The predicted molar refractivity (Wildman–Crippen MR) is 137 cm³/mol. The Morgan fingerprint density at radius 2 is 1.89 bits per heavy atom. The van der Waals surface area contributed by atoms with Crippen LogP contribution in [0.4, 0.5) is 14.5 Å². The van der Waals surface area contributed by atoms with Crippen molar-refractivity contribution >= 4 is 11.6 Å². The van der Waals surface area contributed by atoms with Crippen molar-refractivity contribution in [2.24, 2.45) is 11.3 Å². The van der Waals surface area contributed by atoms with E-state index in [0.717, 1.165) is 68.9 Å². The maximum atomic E-state index is 14.1. The van der Waals surface area contributed by atoms with Crippen LogP contribution in [0.5, 0.6) is 0 Å². The van der Waals surface area contributed by atoms with Gasteiger partial charge in [-0.3, -0.25) is 19.7 Å². The van der Waals surface area contributed by atoms with Crippen LogP contribution in [0.3, 0.4) is 0 Å². The first-order valence-electron chi connectivity index (χ1n) is 12.8. The highest BCUT2D eigenvalue weighted by molar-refractivity contribution is 5.82. The number of hydrogen-bond donors (Lipinski definition) is 1. The number of nitrogens with one attached hydrogen (secondary N) is 1. The summed E-state index contributed by atoms with van der Waals surface area (Å²) in [5.41, 5.74) is 2.82. The average Bonchev–Trinajstić information content (AvgIpc) is 3.72. The second-order valence-corrected chi connectivity index (χ2v) is 11.1. The maximum Gasteiger partial charge on any atom is 0.224 e. The molecule has 1 spiro atoms. The van der Waals surface area contributed by atoms with Crippen molar-refractivity contribution in [1.29, 1.82) is 5.26 Å². The molecule has 1 atom stereocenters. The van der Waals surface area contributed by atoms with Crippen LogP contribution in [-0.2, 0) is 16.9 Å². The number of carbonyl (C=O) groups is 1. The first-order chi connectivity index (χ1) is 18.3. The molecule has 1 aromatic carbocycles. The molecule has 3 aromatic rings. The molecule has 1 saturated carbocycles. The third kappa shape index (κ3) is 4.50. The zero-order valence-electron chi connectivity index (χ0n) is 21.1. The van der Waals surface area contributed by atoms with Gasteiger partial charge in [0, 0.05) is 56.5 Å². The summed E-state index contributed by atoms with van der Waals surface area (Å²) < 4.78 is 27.7. The van der Waals surface area contributed by atoms with Gasteiger partial charge in [-0.2, -0.15) is 5.26 Å². The topological polar surface area (TPSA) is 85.2 Å². The predicted octanol–water partition coefficient (Wildman–Crippen LogP) is 3.74. The van der Waals surface area contributed by atoms with E-state index >= 15 is 0 Å². The highest BCUT2D eigenvalue weighted by Crippen LogP contribution is 2.42. The van der Waals surface area contributed by atoms with Gasteiger partial charge >= 0.3 is 0 Å². The summed E-state index contributed by atoms with van der Waals surface area (Å²) in [5.74, 6) is -2.02. The molecule has 2 aliphatic heterocycles. The molecule has 3 aliphatic rings. The number of amides is 1. The quantitative estimate of drug-likeness (QED) is 0.517. The molecule has 2 saturated heterocycles. The molecule has 1 N–H and O–H groups in total. The van der Waals surface area contributed by atoms with E-state index in [0.29, 0.717) is 16.8 Å². The number of pyridine rings is 2. The fourth-order valence-corrected chi connectivity index (χ4v) is 5.68. The number of nitrogens with zero attached hydrogens (tertiary/aromatic N) is 5. The highest BCUT2D eigenvalue weighted by atomic mass is 19.2. The van der Waals surface area contributed by atoms with Gasteiger partial charge in [-0.25, -0.2) is 8.78 Å². The zero-order valence-corrected chi connectivity index (χ0v) is 21.1. The third-order valence-electron chi connectivity index (χ3n) is 7.95. The molecule has 4 heterocycles. The van der Waals surface area contributed by atoms with Gasteiger partial charge in [0.2, 0.25) is 5.91 Å². The molecular weight excluding hydrogens is 486 g/mol. The Hall–Kier alpha value is -3.90. The first-order valence-corrected chi connectivity index (χ1v) is 12.8. The maximum absolute atomic E-state index is 14.1. The lowest BCUT2D eigenvalue weighted by atomic mass is 9.72. The number of anilines is 1. The lowest BCUT2D eigenvalue weighted by Crippen LogP contribution is -2.72. The SMILES string of the molecule is C[C@@](NC(=O)C1CC1)(c1ccc(F)c(F)c1)c1ccc(CN2CC3(C2)CN(c2cncc(C#N)c2)C3)cn1. The van der Waals surface area contributed by atoms with Gasteiger partial charge in [0.25, 0.3) is 0 Å². The zero-order chi connectivity index (χ0) is 26.5. The van der Waals surface area contributed by atoms with Crippen molar-refractivity contribution < 1.29 is 13.6 Å². The Bertz CT molecular complexity index is 1420. The lowest BCUT2D eigenvalue weighted by molar-refractivity contribution is -0.123. The van der Waals surface area contributed by atoms with Crippen molar-refractivity contribution in [3.05, 3.63) is 89.0 Å². The molecule has 2 aromatic heterocycles. The Labute approximate surface area is 220 Å². The summed E-state index contributed by atoms with van der Waals surface area (Å²) >= 11 is 0. The van der Waals surface area contributed by atoms with Gasteiger partial charge < -0.3 is 10.2 Å². The second kappa shape index (κ2) is 9.14.